The molecule has 0 spiro atoms. The van der Waals surface area contributed by atoms with Gasteiger partial charge in [0.2, 0.25) is 0 Å². The van der Waals surface area contributed by atoms with Gasteiger partial charge in [0.25, 0.3) is 0 Å². The number of rotatable bonds is 1. The van der Waals surface area contributed by atoms with Gasteiger partial charge in [0.1, 0.15) is 5.75 Å². The lowest BCUT2D eigenvalue weighted by Gasteiger charge is -2.18. The predicted molar refractivity (Wildman–Crippen MR) is 54.5 cm³/mol. The Bertz CT molecular complexity index is 380. The second-order valence-electron chi connectivity index (χ2n) is 3.72. The summed E-state index contributed by atoms with van der Waals surface area (Å²) in [6.07, 6.45) is 2.31. The van der Waals surface area contributed by atoms with E-state index in [-0.39, 0.29) is 5.97 Å². The molecule has 74 valence electrons. The van der Waals surface area contributed by atoms with Crippen molar-refractivity contribution in [1.29, 1.82) is 0 Å². The van der Waals surface area contributed by atoms with Gasteiger partial charge in [0, 0.05) is 0 Å². The molecule has 1 aliphatic heterocycles. The van der Waals surface area contributed by atoms with Crippen molar-refractivity contribution < 1.29 is 9.53 Å². The topological polar surface area (TPSA) is 26.3 Å². The summed E-state index contributed by atoms with van der Waals surface area (Å²) in [5, 5.41) is 0. The van der Waals surface area contributed by atoms with Gasteiger partial charge in [-0.1, -0.05) is 13.0 Å². The van der Waals surface area contributed by atoms with Crippen LogP contribution in [-0.4, -0.2) is 5.97 Å². The van der Waals surface area contributed by atoms with Gasteiger partial charge in [-0.15, -0.1) is 0 Å². The second-order valence-corrected chi connectivity index (χ2v) is 3.72. The highest BCUT2D eigenvalue weighted by Gasteiger charge is 2.18. The molecule has 0 aliphatic carbocycles. The first-order valence-corrected chi connectivity index (χ1v) is 5.03. The van der Waals surface area contributed by atoms with Gasteiger partial charge >= 0.3 is 5.97 Å². The molecule has 0 atom stereocenters. The number of aryl methyl sites for hydroxylation is 2. The molecule has 2 heteroatoms. The Labute approximate surface area is 83.9 Å². The highest BCUT2D eigenvalue weighted by molar-refractivity contribution is 5.75. The standard InChI is InChI=1S/C12H14O2/c1-3-9-6-8(2)10-4-5-12(13)14-11(10)7-9/h6-7H,3-5H2,1-2H3. The van der Waals surface area contributed by atoms with Crippen LogP contribution in [0.1, 0.15) is 30.0 Å². The molecule has 0 saturated heterocycles. The maximum atomic E-state index is 11.1. The van der Waals surface area contributed by atoms with E-state index < -0.39 is 0 Å². The van der Waals surface area contributed by atoms with Crippen LogP contribution in [0.15, 0.2) is 12.1 Å². The number of benzene rings is 1. The fourth-order valence-electron chi connectivity index (χ4n) is 1.87. The van der Waals surface area contributed by atoms with Crippen LogP contribution in [0.3, 0.4) is 0 Å². The average molecular weight is 190 g/mol. The van der Waals surface area contributed by atoms with E-state index >= 15 is 0 Å². The Kier molecular flexibility index (Phi) is 2.28. The van der Waals surface area contributed by atoms with Crippen molar-refractivity contribution in [2.45, 2.75) is 33.1 Å². The SMILES string of the molecule is CCc1cc(C)c2c(c1)OC(=O)CC2. The molecule has 1 aliphatic rings. The molecule has 1 aromatic carbocycles. The summed E-state index contributed by atoms with van der Waals surface area (Å²) in [5.41, 5.74) is 3.67. The zero-order valence-electron chi connectivity index (χ0n) is 8.59. The number of carbonyl (C=O) groups is 1. The largest absolute Gasteiger partial charge is 0.426 e. The Hall–Kier alpha value is -1.31. The zero-order valence-corrected chi connectivity index (χ0v) is 8.59. The predicted octanol–water partition coefficient (Wildman–Crippen LogP) is 2.41. The number of carbonyl (C=O) groups excluding carboxylic acids is 1. The van der Waals surface area contributed by atoms with Gasteiger partial charge in [-0.05, 0) is 42.5 Å². The number of hydrogen-bond acceptors (Lipinski definition) is 2. The Balaban J connectivity index is 2.48. The summed E-state index contributed by atoms with van der Waals surface area (Å²) >= 11 is 0. The second kappa shape index (κ2) is 3.45. The highest BCUT2D eigenvalue weighted by Crippen LogP contribution is 2.29. The van der Waals surface area contributed by atoms with Crippen LogP contribution < -0.4 is 4.74 Å². The number of fused-ring (bicyclic) bond motifs is 1. The Morgan fingerprint density at radius 2 is 2.14 bits per heavy atom. The van der Waals surface area contributed by atoms with Crippen LogP contribution in [0.25, 0.3) is 0 Å². The first-order valence-electron chi connectivity index (χ1n) is 5.03. The minimum absolute atomic E-state index is 0.106. The molecule has 0 fully saturated rings. The molecular formula is C12H14O2. The summed E-state index contributed by atoms with van der Waals surface area (Å²) in [5.74, 6) is 0.670. The lowest BCUT2D eigenvalue weighted by Crippen LogP contribution is -2.16. The molecule has 1 aromatic rings. The van der Waals surface area contributed by atoms with Crippen LogP contribution in [0.5, 0.6) is 5.75 Å². The van der Waals surface area contributed by atoms with E-state index in [1.54, 1.807) is 0 Å². The molecule has 0 saturated carbocycles. The molecule has 0 unspecified atom stereocenters. The number of hydrogen-bond donors (Lipinski definition) is 0. The Morgan fingerprint density at radius 1 is 1.36 bits per heavy atom. The van der Waals surface area contributed by atoms with Crippen molar-refractivity contribution in [2.75, 3.05) is 0 Å². The van der Waals surface area contributed by atoms with Gasteiger partial charge in [-0.25, -0.2) is 0 Å². The van der Waals surface area contributed by atoms with E-state index in [1.807, 2.05) is 6.07 Å². The lowest BCUT2D eigenvalue weighted by molar-refractivity contribution is -0.135. The van der Waals surface area contributed by atoms with Gasteiger partial charge in [0.15, 0.2) is 0 Å². The van der Waals surface area contributed by atoms with Gasteiger partial charge in [-0.2, -0.15) is 0 Å². The normalized spacial score (nSPS) is 14.9. The summed E-state index contributed by atoms with van der Waals surface area (Å²) in [6, 6.07) is 4.16. The third kappa shape index (κ3) is 1.52. The maximum Gasteiger partial charge on any atom is 0.311 e. The molecule has 0 aromatic heterocycles. The van der Waals surface area contributed by atoms with Crippen LogP contribution in [0.4, 0.5) is 0 Å². The number of ether oxygens (including phenoxy) is 1. The zero-order chi connectivity index (χ0) is 10.1. The first-order chi connectivity index (χ1) is 6.70. The van der Waals surface area contributed by atoms with Gasteiger partial charge < -0.3 is 4.74 Å². The van der Waals surface area contributed by atoms with E-state index in [4.69, 9.17) is 4.74 Å². The minimum atomic E-state index is -0.106. The molecule has 0 amide bonds. The lowest BCUT2D eigenvalue weighted by atomic mass is 9.97. The van der Waals surface area contributed by atoms with E-state index in [0.717, 1.165) is 18.6 Å². The third-order valence-electron chi connectivity index (χ3n) is 2.70. The van der Waals surface area contributed by atoms with Crippen molar-refractivity contribution >= 4 is 5.97 Å². The molecule has 1 heterocycles. The maximum absolute atomic E-state index is 11.1. The van der Waals surface area contributed by atoms with Crippen LogP contribution in [0.2, 0.25) is 0 Å². The molecule has 14 heavy (non-hydrogen) atoms. The molecule has 0 N–H and O–H groups in total. The van der Waals surface area contributed by atoms with E-state index in [1.165, 1.54) is 16.7 Å². The van der Waals surface area contributed by atoms with Crippen molar-refractivity contribution in [2.24, 2.45) is 0 Å². The van der Waals surface area contributed by atoms with E-state index in [0.29, 0.717) is 6.42 Å². The fraction of sp³-hybridized carbons (Fsp3) is 0.417. The Morgan fingerprint density at radius 3 is 2.86 bits per heavy atom. The van der Waals surface area contributed by atoms with E-state index in [9.17, 15) is 4.79 Å². The first kappa shape index (κ1) is 9.25. The molecule has 0 radical (unpaired) electrons. The smallest absolute Gasteiger partial charge is 0.311 e. The summed E-state index contributed by atoms with van der Waals surface area (Å²) in [7, 11) is 0. The van der Waals surface area contributed by atoms with Crippen molar-refractivity contribution in [1.82, 2.24) is 0 Å². The average Bonchev–Trinajstić information content (AvgIpc) is 2.16. The highest BCUT2D eigenvalue weighted by atomic mass is 16.5. The molecular weight excluding hydrogens is 176 g/mol. The molecule has 2 rings (SSSR count). The van der Waals surface area contributed by atoms with Gasteiger partial charge in [-0.3, -0.25) is 4.79 Å². The van der Waals surface area contributed by atoms with Crippen molar-refractivity contribution in [3.8, 4) is 5.75 Å². The fourth-order valence-corrected chi connectivity index (χ4v) is 1.87. The van der Waals surface area contributed by atoms with Crippen LogP contribution in [-0.2, 0) is 17.6 Å². The summed E-state index contributed by atoms with van der Waals surface area (Å²) in [6.45, 7) is 4.18. The minimum Gasteiger partial charge on any atom is -0.426 e. The van der Waals surface area contributed by atoms with Crippen LogP contribution >= 0.6 is 0 Å². The summed E-state index contributed by atoms with van der Waals surface area (Å²) in [4.78, 5) is 11.1. The van der Waals surface area contributed by atoms with Gasteiger partial charge in [0.05, 0.1) is 6.42 Å². The van der Waals surface area contributed by atoms with E-state index in [2.05, 4.69) is 19.9 Å². The quantitative estimate of drug-likeness (QED) is 0.502. The van der Waals surface area contributed by atoms with Crippen molar-refractivity contribution in [3.05, 3.63) is 28.8 Å². The van der Waals surface area contributed by atoms with Crippen molar-refractivity contribution in [3.63, 3.8) is 0 Å². The number of esters is 1. The molecule has 0 bridgehead atoms. The monoisotopic (exact) mass is 190 g/mol. The third-order valence-corrected chi connectivity index (χ3v) is 2.70. The molecule has 2 nitrogen and oxygen atoms in total. The van der Waals surface area contributed by atoms with Crippen LogP contribution in [0, 0.1) is 6.92 Å². The summed E-state index contributed by atoms with van der Waals surface area (Å²) < 4.78 is 5.22.